The third-order valence-corrected chi connectivity index (χ3v) is 2.72. The van der Waals surface area contributed by atoms with Gasteiger partial charge in [0.25, 0.3) is 0 Å². The van der Waals surface area contributed by atoms with Crippen molar-refractivity contribution in [2.75, 3.05) is 6.61 Å². The van der Waals surface area contributed by atoms with Gasteiger partial charge in [0.15, 0.2) is 0 Å². The van der Waals surface area contributed by atoms with Crippen LogP contribution in [0.2, 0.25) is 0 Å². The Labute approximate surface area is 92.2 Å². The molecule has 1 aliphatic rings. The Morgan fingerprint density at radius 2 is 2.44 bits per heavy atom. The van der Waals surface area contributed by atoms with Gasteiger partial charge >= 0.3 is 0 Å². The van der Waals surface area contributed by atoms with E-state index in [4.69, 9.17) is 15.6 Å². The van der Waals surface area contributed by atoms with Crippen LogP contribution in [-0.2, 0) is 4.74 Å². The highest BCUT2D eigenvalue weighted by molar-refractivity contribution is 5.92. The maximum atomic E-state index is 10.9. The van der Waals surface area contributed by atoms with Crippen molar-refractivity contribution < 1.29 is 19.7 Å². The summed E-state index contributed by atoms with van der Waals surface area (Å²) in [5.41, 5.74) is 5.52. The standard InChI is InChI=1S/C10H14N2O4/c11-10(15)6-1-2-12(4-6)9-3-7(14)8(5-13)16-9/h1-2,4,7-9,13-14H,3,5H2,(H2,11,15). The highest BCUT2D eigenvalue weighted by Crippen LogP contribution is 2.28. The molecule has 2 heterocycles. The topological polar surface area (TPSA) is 97.7 Å². The first-order valence-electron chi connectivity index (χ1n) is 5.03. The number of nitrogens with two attached hydrogens (primary N) is 1. The molecular formula is C10H14N2O4. The molecule has 0 aromatic carbocycles. The second kappa shape index (κ2) is 4.25. The lowest BCUT2D eigenvalue weighted by atomic mass is 10.2. The minimum atomic E-state index is -0.686. The zero-order chi connectivity index (χ0) is 11.7. The van der Waals surface area contributed by atoms with E-state index in [1.54, 1.807) is 23.0 Å². The molecule has 3 unspecified atom stereocenters. The van der Waals surface area contributed by atoms with Crippen LogP contribution in [0.25, 0.3) is 0 Å². The third-order valence-electron chi connectivity index (χ3n) is 2.72. The number of primary amides is 1. The molecule has 0 radical (unpaired) electrons. The van der Waals surface area contributed by atoms with Crippen LogP contribution in [0.4, 0.5) is 0 Å². The first kappa shape index (κ1) is 11.1. The van der Waals surface area contributed by atoms with E-state index < -0.39 is 18.1 Å². The van der Waals surface area contributed by atoms with Crippen LogP contribution in [0.3, 0.4) is 0 Å². The lowest BCUT2D eigenvalue weighted by Crippen LogP contribution is -2.24. The normalized spacial score (nSPS) is 29.5. The quantitative estimate of drug-likeness (QED) is 0.630. The highest BCUT2D eigenvalue weighted by atomic mass is 16.5. The summed E-state index contributed by atoms with van der Waals surface area (Å²) in [5, 5.41) is 18.5. The molecule has 1 aromatic heterocycles. The predicted molar refractivity (Wildman–Crippen MR) is 54.6 cm³/mol. The van der Waals surface area contributed by atoms with Gasteiger partial charge in [-0.2, -0.15) is 0 Å². The monoisotopic (exact) mass is 226 g/mol. The number of hydrogen-bond acceptors (Lipinski definition) is 4. The van der Waals surface area contributed by atoms with Gasteiger partial charge in [-0.05, 0) is 6.07 Å². The molecule has 6 nitrogen and oxygen atoms in total. The van der Waals surface area contributed by atoms with Crippen LogP contribution in [0.15, 0.2) is 18.5 Å². The van der Waals surface area contributed by atoms with Crippen molar-refractivity contribution in [3.63, 3.8) is 0 Å². The molecule has 1 amide bonds. The van der Waals surface area contributed by atoms with Gasteiger partial charge in [0, 0.05) is 18.8 Å². The molecule has 1 aliphatic heterocycles. The van der Waals surface area contributed by atoms with Crippen LogP contribution < -0.4 is 5.73 Å². The van der Waals surface area contributed by atoms with E-state index in [-0.39, 0.29) is 12.8 Å². The lowest BCUT2D eigenvalue weighted by Gasteiger charge is -2.13. The fourth-order valence-electron chi connectivity index (χ4n) is 1.80. The van der Waals surface area contributed by atoms with E-state index in [9.17, 15) is 9.90 Å². The number of ether oxygens (including phenoxy) is 1. The number of nitrogens with zero attached hydrogens (tertiary/aromatic N) is 1. The minimum Gasteiger partial charge on any atom is -0.394 e. The minimum absolute atomic E-state index is 0.221. The van der Waals surface area contributed by atoms with E-state index in [1.165, 1.54) is 0 Å². The largest absolute Gasteiger partial charge is 0.394 e. The molecule has 16 heavy (non-hydrogen) atoms. The van der Waals surface area contributed by atoms with E-state index in [0.29, 0.717) is 12.0 Å². The number of amides is 1. The second-order valence-electron chi connectivity index (χ2n) is 3.83. The Balaban J connectivity index is 2.11. The van der Waals surface area contributed by atoms with Crippen LogP contribution in [0, 0.1) is 0 Å². The van der Waals surface area contributed by atoms with Crippen molar-refractivity contribution in [3.05, 3.63) is 24.0 Å². The number of aliphatic hydroxyl groups is 2. The summed E-state index contributed by atoms with van der Waals surface area (Å²) in [6.45, 7) is -0.221. The molecule has 2 rings (SSSR count). The average Bonchev–Trinajstić information content (AvgIpc) is 2.83. The van der Waals surface area contributed by atoms with Gasteiger partial charge in [-0.25, -0.2) is 0 Å². The fourth-order valence-corrected chi connectivity index (χ4v) is 1.80. The number of carbonyl (C=O) groups excluding carboxylic acids is 1. The predicted octanol–water partition coefficient (Wildman–Crippen LogP) is -0.772. The van der Waals surface area contributed by atoms with Crippen molar-refractivity contribution >= 4 is 5.91 Å². The van der Waals surface area contributed by atoms with E-state index in [0.717, 1.165) is 0 Å². The van der Waals surface area contributed by atoms with Crippen LogP contribution in [0.1, 0.15) is 23.0 Å². The van der Waals surface area contributed by atoms with Crippen molar-refractivity contribution in [3.8, 4) is 0 Å². The Kier molecular flexibility index (Phi) is 2.95. The molecular weight excluding hydrogens is 212 g/mol. The summed E-state index contributed by atoms with van der Waals surface area (Å²) >= 11 is 0. The zero-order valence-corrected chi connectivity index (χ0v) is 8.61. The number of carbonyl (C=O) groups is 1. The smallest absolute Gasteiger partial charge is 0.250 e. The number of aliphatic hydroxyl groups excluding tert-OH is 2. The van der Waals surface area contributed by atoms with E-state index in [2.05, 4.69) is 0 Å². The molecule has 0 saturated carbocycles. The van der Waals surface area contributed by atoms with Gasteiger partial charge in [0.1, 0.15) is 12.3 Å². The summed E-state index contributed by atoms with van der Waals surface area (Å²) < 4.78 is 7.08. The summed E-state index contributed by atoms with van der Waals surface area (Å²) in [7, 11) is 0. The highest BCUT2D eigenvalue weighted by Gasteiger charge is 2.34. The summed E-state index contributed by atoms with van der Waals surface area (Å²) in [5.74, 6) is -0.504. The van der Waals surface area contributed by atoms with Gasteiger partial charge in [-0.3, -0.25) is 4.79 Å². The summed E-state index contributed by atoms with van der Waals surface area (Å²) in [4.78, 5) is 10.9. The van der Waals surface area contributed by atoms with E-state index in [1.807, 2.05) is 0 Å². The number of aromatic nitrogens is 1. The molecule has 4 N–H and O–H groups in total. The molecule has 3 atom stereocenters. The van der Waals surface area contributed by atoms with Crippen LogP contribution in [-0.4, -0.2) is 39.5 Å². The molecule has 1 saturated heterocycles. The molecule has 88 valence electrons. The van der Waals surface area contributed by atoms with Crippen molar-refractivity contribution in [1.29, 1.82) is 0 Å². The molecule has 1 aromatic rings. The average molecular weight is 226 g/mol. The summed E-state index contributed by atoms with van der Waals surface area (Å²) in [6.07, 6.45) is 2.01. The Hall–Kier alpha value is -1.37. The van der Waals surface area contributed by atoms with Crippen molar-refractivity contribution in [1.82, 2.24) is 4.57 Å². The zero-order valence-electron chi connectivity index (χ0n) is 8.61. The first-order valence-corrected chi connectivity index (χ1v) is 5.03. The van der Waals surface area contributed by atoms with Gasteiger partial charge < -0.3 is 25.3 Å². The van der Waals surface area contributed by atoms with Crippen LogP contribution >= 0.6 is 0 Å². The Morgan fingerprint density at radius 3 is 2.94 bits per heavy atom. The lowest BCUT2D eigenvalue weighted by molar-refractivity contribution is -0.0442. The molecule has 1 fully saturated rings. The Bertz CT molecular complexity index is 390. The number of rotatable bonds is 3. The van der Waals surface area contributed by atoms with Crippen molar-refractivity contribution in [2.45, 2.75) is 24.9 Å². The molecule has 0 aliphatic carbocycles. The van der Waals surface area contributed by atoms with Crippen LogP contribution in [0.5, 0.6) is 0 Å². The Morgan fingerprint density at radius 1 is 1.69 bits per heavy atom. The van der Waals surface area contributed by atoms with Crippen molar-refractivity contribution in [2.24, 2.45) is 5.73 Å². The molecule has 6 heteroatoms. The first-order chi connectivity index (χ1) is 7.61. The SMILES string of the molecule is NC(=O)c1ccn(C2CC(O)C(CO)O2)c1. The molecule has 0 bridgehead atoms. The maximum absolute atomic E-state index is 10.9. The maximum Gasteiger partial charge on any atom is 0.250 e. The summed E-state index contributed by atoms with van der Waals surface area (Å²) in [6, 6.07) is 1.59. The van der Waals surface area contributed by atoms with Gasteiger partial charge in [0.2, 0.25) is 5.91 Å². The molecule has 0 spiro atoms. The number of hydrogen-bond donors (Lipinski definition) is 3. The van der Waals surface area contributed by atoms with Gasteiger partial charge in [-0.1, -0.05) is 0 Å². The van der Waals surface area contributed by atoms with Gasteiger partial charge in [-0.15, -0.1) is 0 Å². The second-order valence-corrected chi connectivity index (χ2v) is 3.83. The fraction of sp³-hybridized carbons (Fsp3) is 0.500. The van der Waals surface area contributed by atoms with E-state index >= 15 is 0 Å². The third kappa shape index (κ3) is 1.95. The van der Waals surface area contributed by atoms with Gasteiger partial charge in [0.05, 0.1) is 18.3 Å².